The van der Waals surface area contributed by atoms with Crippen molar-refractivity contribution in [1.82, 2.24) is 0 Å². The van der Waals surface area contributed by atoms with Crippen LogP contribution in [0.3, 0.4) is 0 Å². The van der Waals surface area contributed by atoms with Gasteiger partial charge in [-0.25, -0.2) is 9.79 Å². The smallest absolute Gasteiger partial charge is 0.344 e. The average Bonchev–Trinajstić information content (AvgIpc) is 3.27. The molecule has 7 heteroatoms. The van der Waals surface area contributed by atoms with Gasteiger partial charge < -0.3 is 19.3 Å². The molecule has 6 nitrogen and oxygen atoms in total. The van der Waals surface area contributed by atoms with Gasteiger partial charge >= 0.3 is 5.97 Å². The lowest BCUT2D eigenvalue weighted by Gasteiger charge is -2.03. The third-order valence-corrected chi connectivity index (χ3v) is 5.07. The van der Waals surface area contributed by atoms with Crippen molar-refractivity contribution in [2.24, 2.45) is 4.99 Å². The van der Waals surface area contributed by atoms with Gasteiger partial charge in [-0.2, -0.15) is 0 Å². The van der Waals surface area contributed by atoms with Crippen LogP contribution < -0.4 is 9.47 Å². The number of para-hydroxylation sites is 1. The van der Waals surface area contributed by atoms with Gasteiger partial charge in [0.05, 0.1) is 17.2 Å². The number of benzene rings is 2. The number of aliphatic hydroxyl groups excluding tert-OH is 1. The third kappa shape index (κ3) is 3.61. The lowest BCUT2D eigenvalue weighted by atomic mass is 10.1. The van der Waals surface area contributed by atoms with Crippen LogP contribution >= 0.6 is 11.8 Å². The molecule has 0 saturated carbocycles. The van der Waals surface area contributed by atoms with E-state index in [1.54, 1.807) is 19.1 Å². The summed E-state index contributed by atoms with van der Waals surface area (Å²) in [4.78, 5) is 17.4. The van der Waals surface area contributed by atoms with Crippen LogP contribution in [0, 0.1) is 0 Å². The van der Waals surface area contributed by atoms with Crippen LogP contribution in [0.15, 0.2) is 69.8 Å². The van der Waals surface area contributed by atoms with Crippen molar-refractivity contribution in [2.45, 2.75) is 6.92 Å². The van der Waals surface area contributed by atoms with Gasteiger partial charge in [-0.05, 0) is 42.8 Å². The number of nitrogens with zero attached hydrogens (tertiary/aromatic N) is 1. The number of carbonyl (C=O) groups is 1. The minimum absolute atomic E-state index is 0.0719. The number of esters is 1. The molecule has 0 atom stereocenters. The molecule has 2 aromatic carbocycles. The zero-order chi connectivity index (χ0) is 19.5. The normalized spacial score (nSPS) is 18.2. The van der Waals surface area contributed by atoms with E-state index in [-0.39, 0.29) is 24.7 Å². The second-order valence-corrected chi connectivity index (χ2v) is 6.95. The van der Waals surface area contributed by atoms with E-state index in [1.807, 2.05) is 42.5 Å². The van der Waals surface area contributed by atoms with E-state index >= 15 is 0 Å². The highest BCUT2D eigenvalue weighted by Gasteiger charge is 2.33. The SMILES string of the molecule is CCOC(=O)C1=C(O)/C(=C\c2ccc3c(c2)OCO3)SC1=Nc1ccccc1. The minimum atomic E-state index is -0.601. The summed E-state index contributed by atoms with van der Waals surface area (Å²) in [6, 6.07) is 14.7. The molecule has 0 amide bonds. The molecule has 4 rings (SSSR count). The Balaban J connectivity index is 1.72. The van der Waals surface area contributed by atoms with Crippen LogP contribution in [0.2, 0.25) is 0 Å². The first-order valence-electron chi connectivity index (χ1n) is 8.69. The molecule has 2 aliphatic heterocycles. The van der Waals surface area contributed by atoms with Crippen molar-refractivity contribution in [2.75, 3.05) is 13.4 Å². The maximum atomic E-state index is 12.4. The van der Waals surface area contributed by atoms with E-state index in [1.165, 1.54) is 11.8 Å². The monoisotopic (exact) mass is 395 g/mol. The Labute approximate surface area is 166 Å². The molecule has 0 saturated heterocycles. The molecule has 2 aliphatic rings. The molecule has 2 aromatic rings. The predicted molar refractivity (Wildman–Crippen MR) is 108 cm³/mol. The van der Waals surface area contributed by atoms with Crippen LogP contribution in [0.1, 0.15) is 12.5 Å². The summed E-state index contributed by atoms with van der Waals surface area (Å²) in [6.07, 6.45) is 1.77. The summed E-state index contributed by atoms with van der Waals surface area (Å²) < 4.78 is 15.8. The Morgan fingerprint density at radius 1 is 1.21 bits per heavy atom. The number of rotatable bonds is 4. The van der Waals surface area contributed by atoms with Crippen molar-refractivity contribution in [1.29, 1.82) is 0 Å². The van der Waals surface area contributed by atoms with Gasteiger partial charge in [0.1, 0.15) is 16.4 Å². The highest BCUT2D eigenvalue weighted by Crippen LogP contribution is 2.41. The first-order valence-corrected chi connectivity index (χ1v) is 9.51. The third-order valence-electron chi connectivity index (χ3n) is 4.05. The topological polar surface area (TPSA) is 77.4 Å². The Bertz CT molecular complexity index is 1010. The maximum absolute atomic E-state index is 12.4. The summed E-state index contributed by atoms with van der Waals surface area (Å²) in [7, 11) is 0. The van der Waals surface area contributed by atoms with Crippen LogP contribution in [0.25, 0.3) is 6.08 Å². The fraction of sp³-hybridized carbons (Fsp3) is 0.143. The van der Waals surface area contributed by atoms with Crippen molar-refractivity contribution in [3.05, 3.63) is 70.3 Å². The number of hydrogen-bond acceptors (Lipinski definition) is 7. The van der Waals surface area contributed by atoms with Crippen molar-refractivity contribution >= 4 is 34.5 Å². The molecular weight excluding hydrogens is 378 g/mol. The van der Waals surface area contributed by atoms with E-state index in [2.05, 4.69) is 4.99 Å². The standard InChI is InChI=1S/C21H17NO5S/c1-2-25-21(24)18-19(23)17(28-20(18)22-14-6-4-3-5-7-14)11-13-8-9-15-16(10-13)27-12-26-15/h3-11,23H,2,12H2,1H3/b17-11+,22-20?. The molecule has 142 valence electrons. The highest BCUT2D eigenvalue weighted by molar-refractivity contribution is 8.18. The molecule has 0 spiro atoms. The van der Waals surface area contributed by atoms with Crippen molar-refractivity contribution in [3.8, 4) is 11.5 Å². The van der Waals surface area contributed by atoms with Gasteiger partial charge in [0, 0.05) is 0 Å². The predicted octanol–water partition coefficient (Wildman–Crippen LogP) is 4.61. The molecular formula is C21H17NO5S. The zero-order valence-electron chi connectivity index (χ0n) is 15.0. The second kappa shape index (κ2) is 7.82. The van der Waals surface area contributed by atoms with Gasteiger partial charge in [-0.1, -0.05) is 36.0 Å². The molecule has 28 heavy (non-hydrogen) atoms. The van der Waals surface area contributed by atoms with Crippen LogP contribution in [0.5, 0.6) is 11.5 Å². The Hall–Kier alpha value is -3.19. The average molecular weight is 395 g/mol. The summed E-state index contributed by atoms with van der Waals surface area (Å²) in [5.41, 5.74) is 1.56. The van der Waals surface area contributed by atoms with Gasteiger partial charge in [0.25, 0.3) is 0 Å². The molecule has 0 radical (unpaired) electrons. The fourth-order valence-electron chi connectivity index (χ4n) is 2.77. The first-order chi connectivity index (χ1) is 13.7. The second-order valence-electron chi connectivity index (χ2n) is 5.92. The molecule has 2 heterocycles. The number of thioether (sulfide) groups is 1. The Morgan fingerprint density at radius 2 is 2.00 bits per heavy atom. The lowest BCUT2D eigenvalue weighted by Crippen LogP contribution is -2.12. The van der Waals surface area contributed by atoms with Crippen LogP contribution in [-0.2, 0) is 9.53 Å². The largest absolute Gasteiger partial charge is 0.506 e. The number of aliphatic hydroxyl groups is 1. The summed E-state index contributed by atoms with van der Waals surface area (Å²) in [5.74, 6) is 0.580. The molecule has 0 bridgehead atoms. The minimum Gasteiger partial charge on any atom is -0.506 e. The number of aliphatic imine (C=N–C) groups is 1. The van der Waals surface area contributed by atoms with E-state index in [0.29, 0.717) is 27.1 Å². The van der Waals surface area contributed by atoms with E-state index in [4.69, 9.17) is 14.2 Å². The molecule has 1 N–H and O–H groups in total. The first kappa shape index (κ1) is 18.2. The summed E-state index contributed by atoms with van der Waals surface area (Å²) in [6.45, 7) is 2.12. The molecule has 0 fully saturated rings. The Kier molecular flexibility index (Phi) is 5.08. The lowest BCUT2D eigenvalue weighted by molar-refractivity contribution is -0.138. The quantitative estimate of drug-likeness (QED) is 0.762. The van der Waals surface area contributed by atoms with Crippen molar-refractivity contribution < 1.29 is 24.1 Å². The van der Waals surface area contributed by atoms with Crippen molar-refractivity contribution in [3.63, 3.8) is 0 Å². The summed E-state index contributed by atoms with van der Waals surface area (Å²) in [5, 5.41) is 11.1. The molecule has 0 aromatic heterocycles. The van der Waals surface area contributed by atoms with Gasteiger partial charge in [0.15, 0.2) is 11.5 Å². The molecule has 0 aliphatic carbocycles. The summed E-state index contributed by atoms with van der Waals surface area (Å²) >= 11 is 1.22. The zero-order valence-corrected chi connectivity index (χ0v) is 15.9. The Morgan fingerprint density at radius 3 is 2.79 bits per heavy atom. The van der Waals surface area contributed by atoms with Gasteiger partial charge in [-0.3, -0.25) is 0 Å². The number of hydrogen-bond donors (Lipinski definition) is 1. The number of fused-ring (bicyclic) bond motifs is 1. The molecule has 0 unspecified atom stereocenters. The maximum Gasteiger partial charge on any atom is 0.344 e. The number of carbonyl (C=O) groups excluding carboxylic acids is 1. The highest BCUT2D eigenvalue weighted by atomic mass is 32.2. The van der Waals surface area contributed by atoms with Crippen LogP contribution in [0.4, 0.5) is 5.69 Å². The van der Waals surface area contributed by atoms with Gasteiger partial charge in [0.2, 0.25) is 6.79 Å². The fourth-order valence-corrected chi connectivity index (χ4v) is 3.80. The van der Waals surface area contributed by atoms with E-state index in [0.717, 1.165) is 5.56 Å². The van der Waals surface area contributed by atoms with E-state index in [9.17, 15) is 9.90 Å². The van der Waals surface area contributed by atoms with E-state index < -0.39 is 5.97 Å². The van der Waals surface area contributed by atoms with Crippen LogP contribution in [-0.4, -0.2) is 29.5 Å². The number of ether oxygens (including phenoxy) is 3. The van der Waals surface area contributed by atoms with Gasteiger partial charge in [-0.15, -0.1) is 0 Å².